The number of hydrogen-bond acceptors (Lipinski definition) is 2. The maximum absolute atomic E-state index is 6.41. The summed E-state index contributed by atoms with van der Waals surface area (Å²) in [5.41, 5.74) is 7.70. The molecule has 3 rings (SSSR count). The largest absolute Gasteiger partial charge is 0.324 e. The summed E-state index contributed by atoms with van der Waals surface area (Å²) in [6, 6.07) is 15.1. The van der Waals surface area contributed by atoms with Gasteiger partial charge in [-0.15, -0.1) is 0 Å². The Bertz CT molecular complexity index is 538. The van der Waals surface area contributed by atoms with E-state index in [1.165, 1.54) is 42.3 Å². The lowest BCUT2D eigenvalue weighted by Gasteiger charge is -2.19. The SMILES string of the molecule is NC(CCN1CCCC1)c1cccc2ccccc12. The molecule has 0 aromatic heterocycles. The Morgan fingerprint density at radius 1 is 1.00 bits per heavy atom. The van der Waals surface area contributed by atoms with Crippen LogP contribution in [0.15, 0.2) is 42.5 Å². The minimum absolute atomic E-state index is 0.145. The second-order valence-corrected chi connectivity index (χ2v) is 5.51. The smallest absolute Gasteiger partial charge is 0.0313 e. The Hall–Kier alpha value is -1.38. The fraction of sp³-hybridized carbons (Fsp3) is 0.412. The molecule has 2 aromatic rings. The maximum atomic E-state index is 6.41. The predicted molar refractivity (Wildman–Crippen MR) is 81.2 cm³/mol. The third-order valence-corrected chi connectivity index (χ3v) is 4.18. The van der Waals surface area contributed by atoms with E-state index in [1.54, 1.807) is 0 Å². The average molecular weight is 254 g/mol. The van der Waals surface area contributed by atoms with Gasteiger partial charge in [-0.3, -0.25) is 0 Å². The molecule has 0 amide bonds. The molecule has 2 nitrogen and oxygen atoms in total. The lowest BCUT2D eigenvalue weighted by Crippen LogP contribution is -2.24. The van der Waals surface area contributed by atoms with Gasteiger partial charge in [0.1, 0.15) is 0 Å². The van der Waals surface area contributed by atoms with Gasteiger partial charge >= 0.3 is 0 Å². The van der Waals surface area contributed by atoms with E-state index in [9.17, 15) is 0 Å². The predicted octanol–water partition coefficient (Wildman–Crippen LogP) is 3.33. The van der Waals surface area contributed by atoms with Gasteiger partial charge in [0.15, 0.2) is 0 Å². The molecule has 0 spiro atoms. The molecule has 0 radical (unpaired) electrons. The standard InChI is InChI=1S/C17H22N2/c18-17(10-13-19-11-3-4-12-19)16-9-5-7-14-6-1-2-8-15(14)16/h1-2,5-9,17H,3-4,10-13,18H2. The van der Waals surface area contributed by atoms with Gasteiger partial charge in [0.05, 0.1) is 0 Å². The van der Waals surface area contributed by atoms with E-state index < -0.39 is 0 Å². The minimum atomic E-state index is 0.145. The molecule has 1 unspecified atom stereocenters. The Kier molecular flexibility index (Phi) is 3.81. The molecular formula is C17H22N2. The summed E-state index contributed by atoms with van der Waals surface area (Å²) in [7, 11) is 0. The van der Waals surface area contributed by atoms with Gasteiger partial charge in [-0.2, -0.15) is 0 Å². The van der Waals surface area contributed by atoms with Crippen molar-refractivity contribution in [2.24, 2.45) is 5.73 Å². The highest BCUT2D eigenvalue weighted by Gasteiger charge is 2.14. The third-order valence-electron chi connectivity index (χ3n) is 4.18. The van der Waals surface area contributed by atoms with Gasteiger partial charge in [-0.05, 0) is 55.2 Å². The zero-order valence-electron chi connectivity index (χ0n) is 11.4. The van der Waals surface area contributed by atoms with Crippen molar-refractivity contribution in [2.45, 2.75) is 25.3 Å². The first-order chi connectivity index (χ1) is 9.34. The summed E-state index contributed by atoms with van der Waals surface area (Å²) in [4.78, 5) is 2.53. The van der Waals surface area contributed by atoms with Gasteiger partial charge in [-0.25, -0.2) is 0 Å². The monoisotopic (exact) mass is 254 g/mol. The van der Waals surface area contributed by atoms with E-state index in [4.69, 9.17) is 5.73 Å². The number of benzene rings is 2. The zero-order valence-corrected chi connectivity index (χ0v) is 11.4. The molecule has 2 aromatic carbocycles. The Morgan fingerprint density at radius 3 is 2.58 bits per heavy atom. The van der Waals surface area contributed by atoms with Crippen LogP contribution in [0.3, 0.4) is 0 Å². The summed E-state index contributed by atoms with van der Waals surface area (Å²) >= 11 is 0. The van der Waals surface area contributed by atoms with Crippen LogP contribution in [0.5, 0.6) is 0 Å². The molecule has 0 bridgehead atoms. The molecule has 19 heavy (non-hydrogen) atoms. The summed E-state index contributed by atoms with van der Waals surface area (Å²) in [6.45, 7) is 3.63. The summed E-state index contributed by atoms with van der Waals surface area (Å²) < 4.78 is 0. The van der Waals surface area contributed by atoms with Crippen molar-refractivity contribution in [1.29, 1.82) is 0 Å². The highest BCUT2D eigenvalue weighted by molar-refractivity contribution is 5.86. The van der Waals surface area contributed by atoms with Gasteiger partial charge in [0.2, 0.25) is 0 Å². The molecule has 1 atom stereocenters. The van der Waals surface area contributed by atoms with Crippen LogP contribution in [0.2, 0.25) is 0 Å². The van der Waals surface area contributed by atoms with E-state index in [-0.39, 0.29) is 6.04 Å². The number of fused-ring (bicyclic) bond motifs is 1. The molecular weight excluding hydrogens is 232 g/mol. The number of nitrogens with two attached hydrogens (primary N) is 1. The van der Waals surface area contributed by atoms with Crippen molar-refractivity contribution in [1.82, 2.24) is 4.90 Å². The Labute approximate surface area is 115 Å². The second-order valence-electron chi connectivity index (χ2n) is 5.51. The molecule has 1 saturated heterocycles. The maximum Gasteiger partial charge on any atom is 0.0313 e. The van der Waals surface area contributed by atoms with Crippen LogP contribution in [0.1, 0.15) is 30.9 Å². The van der Waals surface area contributed by atoms with E-state index in [0.29, 0.717) is 0 Å². The van der Waals surface area contributed by atoms with Crippen LogP contribution in [0, 0.1) is 0 Å². The van der Waals surface area contributed by atoms with E-state index >= 15 is 0 Å². The normalized spacial score (nSPS) is 17.9. The number of nitrogens with zero attached hydrogens (tertiary/aromatic N) is 1. The molecule has 100 valence electrons. The van der Waals surface area contributed by atoms with Crippen LogP contribution >= 0.6 is 0 Å². The summed E-state index contributed by atoms with van der Waals surface area (Å²) in [5, 5.41) is 2.59. The van der Waals surface area contributed by atoms with Gasteiger partial charge in [0.25, 0.3) is 0 Å². The van der Waals surface area contributed by atoms with E-state index in [0.717, 1.165) is 13.0 Å². The lowest BCUT2D eigenvalue weighted by molar-refractivity contribution is 0.322. The van der Waals surface area contributed by atoms with Crippen LogP contribution in [0.25, 0.3) is 10.8 Å². The molecule has 1 fully saturated rings. The van der Waals surface area contributed by atoms with Crippen LogP contribution in [0.4, 0.5) is 0 Å². The summed E-state index contributed by atoms with van der Waals surface area (Å²) in [6.07, 6.45) is 3.75. The molecule has 1 heterocycles. The minimum Gasteiger partial charge on any atom is -0.324 e. The molecule has 2 N–H and O–H groups in total. The van der Waals surface area contributed by atoms with Gasteiger partial charge in [-0.1, -0.05) is 42.5 Å². The second kappa shape index (κ2) is 5.72. The number of likely N-dealkylation sites (tertiary alicyclic amines) is 1. The number of rotatable bonds is 4. The number of hydrogen-bond donors (Lipinski definition) is 1. The molecule has 0 saturated carbocycles. The Morgan fingerprint density at radius 2 is 1.74 bits per heavy atom. The quantitative estimate of drug-likeness (QED) is 0.907. The van der Waals surface area contributed by atoms with Crippen molar-refractivity contribution in [2.75, 3.05) is 19.6 Å². The van der Waals surface area contributed by atoms with E-state index in [1.807, 2.05) is 0 Å². The van der Waals surface area contributed by atoms with Gasteiger partial charge in [0, 0.05) is 6.04 Å². The first kappa shape index (κ1) is 12.6. The van der Waals surface area contributed by atoms with Crippen molar-refractivity contribution in [3.8, 4) is 0 Å². The average Bonchev–Trinajstić information content (AvgIpc) is 2.97. The van der Waals surface area contributed by atoms with Crippen molar-refractivity contribution < 1.29 is 0 Å². The van der Waals surface area contributed by atoms with Crippen LogP contribution in [-0.4, -0.2) is 24.5 Å². The van der Waals surface area contributed by atoms with Crippen LogP contribution in [-0.2, 0) is 0 Å². The molecule has 1 aliphatic rings. The van der Waals surface area contributed by atoms with Crippen molar-refractivity contribution >= 4 is 10.8 Å². The molecule has 0 aliphatic carbocycles. The first-order valence-electron chi connectivity index (χ1n) is 7.30. The molecule has 2 heteroatoms. The fourth-order valence-corrected chi connectivity index (χ4v) is 3.06. The third kappa shape index (κ3) is 2.80. The summed E-state index contributed by atoms with van der Waals surface area (Å²) in [5.74, 6) is 0. The van der Waals surface area contributed by atoms with Crippen molar-refractivity contribution in [3.05, 3.63) is 48.0 Å². The Balaban J connectivity index is 1.75. The lowest BCUT2D eigenvalue weighted by atomic mass is 9.97. The zero-order chi connectivity index (χ0) is 13.1. The highest BCUT2D eigenvalue weighted by Crippen LogP contribution is 2.25. The first-order valence-corrected chi connectivity index (χ1v) is 7.30. The van der Waals surface area contributed by atoms with Crippen molar-refractivity contribution in [3.63, 3.8) is 0 Å². The fourth-order valence-electron chi connectivity index (χ4n) is 3.06. The van der Waals surface area contributed by atoms with Crippen LogP contribution < -0.4 is 5.73 Å². The van der Waals surface area contributed by atoms with Gasteiger partial charge < -0.3 is 10.6 Å². The molecule has 1 aliphatic heterocycles. The topological polar surface area (TPSA) is 29.3 Å². The van der Waals surface area contributed by atoms with E-state index in [2.05, 4.69) is 47.4 Å². The highest BCUT2D eigenvalue weighted by atomic mass is 15.1.